The maximum atomic E-state index is 12.3. The van der Waals surface area contributed by atoms with E-state index in [0.717, 1.165) is 12.3 Å². The van der Waals surface area contributed by atoms with Crippen LogP contribution >= 0.6 is 0 Å². The van der Waals surface area contributed by atoms with Gasteiger partial charge in [-0.25, -0.2) is 0 Å². The average Bonchev–Trinajstić information content (AvgIpc) is 2.64. The molecule has 98 valence electrons. The summed E-state index contributed by atoms with van der Waals surface area (Å²) in [7, 11) is 0. The van der Waals surface area contributed by atoms with Gasteiger partial charge in [-0.1, -0.05) is 33.1 Å². The molecule has 1 aliphatic heterocycles. The molecule has 2 rings (SSSR count). The third kappa shape index (κ3) is 2.49. The Balaban J connectivity index is 2.03. The van der Waals surface area contributed by atoms with Crippen molar-refractivity contribution >= 4 is 5.91 Å². The van der Waals surface area contributed by atoms with Gasteiger partial charge in [-0.3, -0.25) is 10.1 Å². The van der Waals surface area contributed by atoms with Crippen LogP contribution in [0.3, 0.4) is 0 Å². The van der Waals surface area contributed by atoms with Crippen LogP contribution in [0.15, 0.2) is 0 Å². The molecule has 17 heavy (non-hydrogen) atoms. The molecule has 2 fully saturated rings. The van der Waals surface area contributed by atoms with Crippen molar-refractivity contribution in [1.29, 1.82) is 0 Å². The number of carbonyl (C=O) groups excluding carboxylic acids is 1. The Morgan fingerprint density at radius 2 is 2.06 bits per heavy atom. The zero-order chi connectivity index (χ0) is 12.4. The summed E-state index contributed by atoms with van der Waals surface area (Å²) < 4.78 is 0. The predicted molar refractivity (Wildman–Crippen MR) is 69.6 cm³/mol. The molecule has 1 N–H and O–H groups in total. The van der Waals surface area contributed by atoms with Gasteiger partial charge in [0.2, 0.25) is 5.91 Å². The van der Waals surface area contributed by atoms with Crippen LogP contribution in [0.4, 0.5) is 0 Å². The van der Waals surface area contributed by atoms with Gasteiger partial charge in [0.1, 0.15) is 0 Å². The van der Waals surface area contributed by atoms with E-state index in [9.17, 15) is 4.79 Å². The maximum Gasteiger partial charge on any atom is 0.241 e. The Hall–Kier alpha value is -0.570. The Labute approximate surface area is 105 Å². The topological polar surface area (TPSA) is 32.3 Å². The first-order valence-corrected chi connectivity index (χ1v) is 7.25. The molecule has 1 amide bonds. The van der Waals surface area contributed by atoms with Crippen molar-refractivity contribution in [1.82, 2.24) is 10.2 Å². The van der Waals surface area contributed by atoms with E-state index in [4.69, 9.17) is 0 Å². The molecule has 4 atom stereocenters. The summed E-state index contributed by atoms with van der Waals surface area (Å²) in [5.74, 6) is 1.16. The van der Waals surface area contributed by atoms with Gasteiger partial charge in [0, 0.05) is 6.04 Å². The number of hydrogen-bond donors (Lipinski definition) is 1. The van der Waals surface area contributed by atoms with Crippen LogP contribution in [0.5, 0.6) is 0 Å². The quantitative estimate of drug-likeness (QED) is 0.819. The van der Waals surface area contributed by atoms with E-state index in [1.54, 1.807) is 0 Å². The van der Waals surface area contributed by atoms with Crippen molar-refractivity contribution in [3.05, 3.63) is 0 Å². The number of hydrogen-bond acceptors (Lipinski definition) is 2. The highest BCUT2D eigenvalue weighted by atomic mass is 16.2. The van der Waals surface area contributed by atoms with Crippen molar-refractivity contribution in [2.24, 2.45) is 5.92 Å². The van der Waals surface area contributed by atoms with Crippen LogP contribution in [-0.4, -0.2) is 29.1 Å². The minimum absolute atomic E-state index is 0.0620. The molecule has 3 heteroatoms. The summed E-state index contributed by atoms with van der Waals surface area (Å²) in [6.45, 7) is 6.49. The molecule has 0 aromatic rings. The molecule has 0 aromatic carbocycles. The van der Waals surface area contributed by atoms with E-state index in [1.807, 2.05) is 0 Å². The molecule has 0 radical (unpaired) electrons. The van der Waals surface area contributed by atoms with Crippen molar-refractivity contribution in [2.75, 3.05) is 0 Å². The minimum Gasteiger partial charge on any atom is -0.323 e. The highest BCUT2D eigenvalue weighted by molar-refractivity contribution is 5.84. The van der Waals surface area contributed by atoms with E-state index >= 15 is 0 Å². The van der Waals surface area contributed by atoms with Crippen molar-refractivity contribution in [3.8, 4) is 0 Å². The summed E-state index contributed by atoms with van der Waals surface area (Å²) >= 11 is 0. The van der Waals surface area contributed by atoms with E-state index in [-0.39, 0.29) is 12.2 Å². The highest BCUT2D eigenvalue weighted by Crippen LogP contribution is 2.32. The second-order valence-corrected chi connectivity index (χ2v) is 5.64. The molecule has 1 saturated carbocycles. The van der Waals surface area contributed by atoms with Gasteiger partial charge in [0.05, 0.1) is 12.2 Å². The van der Waals surface area contributed by atoms with E-state index in [1.165, 1.54) is 32.1 Å². The Bertz CT molecular complexity index is 279. The van der Waals surface area contributed by atoms with Gasteiger partial charge in [0.25, 0.3) is 0 Å². The standard InChI is InChI=1S/C14H26N2O/c1-4-11-7-6-8-12(9-11)16-10(3)15-13(5-2)14(16)17/h10-13,15H,4-9H2,1-3H3. The molecular weight excluding hydrogens is 212 g/mol. The van der Waals surface area contributed by atoms with E-state index in [0.29, 0.717) is 11.9 Å². The van der Waals surface area contributed by atoms with Gasteiger partial charge in [-0.05, 0) is 32.1 Å². The Kier molecular flexibility index (Phi) is 4.08. The van der Waals surface area contributed by atoms with Gasteiger partial charge in [-0.2, -0.15) is 0 Å². The lowest BCUT2D eigenvalue weighted by molar-refractivity contribution is -0.133. The van der Waals surface area contributed by atoms with Crippen LogP contribution < -0.4 is 5.32 Å². The maximum absolute atomic E-state index is 12.3. The fourth-order valence-corrected chi connectivity index (χ4v) is 3.49. The van der Waals surface area contributed by atoms with Gasteiger partial charge in [0.15, 0.2) is 0 Å². The first-order valence-electron chi connectivity index (χ1n) is 7.25. The van der Waals surface area contributed by atoms with Gasteiger partial charge < -0.3 is 4.90 Å². The number of carbonyl (C=O) groups is 1. The zero-order valence-corrected chi connectivity index (χ0v) is 11.4. The second kappa shape index (κ2) is 5.38. The predicted octanol–water partition coefficient (Wildman–Crippen LogP) is 2.51. The fraction of sp³-hybridized carbons (Fsp3) is 0.929. The molecule has 0 spiro atoms. The molecule has 3 nitrogen and oxygen atoms in total. The number of rotatable bonds is 3. The lowest BCUT2D eigenvalue weighted by Gasteiger charge is -2.37. The molecule has 0 aromatic heterocycles. The summed E-state index contributed by atoms with van der Waals surface area (Å²) in [5.41, 5.74) is 0. The van der Waals surface area contributed by atoms with Crippen molar-refractivity contribution < 1.29 is 4.79 Å². The van der Waals surface area contributed by atoms with Crippen molar-refractivity contribution in [3.63, 3.8) is 0 Å². The molecule has 4 unspecified atom stereocenters. The first-order chi connectivity index (χ1) is 8.17. The number of nitrogens with one attached hydrogen (secondary N) is 1. The van der Waals surface area contributed by atoms with Gasteiger partial charge >= 0.3 is 0 Å². The van der Waals surface area contributed by atoms with Crippen LogP contribution in [0, 0.1) is 5.92 Å². The first kappa shape index (κ1) is 12.9. The molecule has 1 heterocycles. The van der Waals surface area contributed by atoms with Crippen molar-refractivity contribution in [2.45, 2.75) is 77.5 Å². The lowest BCUT2D eigenvalue weighted by Crippen LogP contribution is -2.45. The third-order valence-electron chi connectivity index (χ3n) is 4.55. The summed E-state index contributed by atoms with van der Waals surface area (Å²) in [4.78, 5) is 14.4. The third-order valence-corrected chi connectivity index (χ3v) is 4.55. The monoisotopic (exact) mass is 238 g/mol. The second-order valence-electron chi connectivity index (χ2n) is 5.64. The number of amides is 1. The molecule has 1 saturated heterocycles. The van der Waals surface area contributed by atoms with E-state index in [2.05, 4.69) is 31.0 Å². The molecular formula is C14H26N2O. The van der Waals surface area contributed by atoms with Gasteiger partial charge in [-0.15, -0.1) is 0 Å². The van der Waals surface area contributed by atoms with Crippen LogP contribution in [0.25, 0.3) is 0 Å². The van der Waals surface area contributed by atoms with E-state index < -0.39 is 0 Å². The Morgan fingerprint density at radius 1 is 1.29 bits per heavy atom. The normalized spacial score (nSPS) is 38.8. The summed E-state index contributed by atoms with van der Waals surface area (Å²) in [6.07, 6.45) is 7.45. The zero-order valence-electron chi connectivity index (χ0n) is 11.4. The molecule has 0 bridgehead atoms. The molecule has 2 aliphatic rings. The minimum atomic E-state index is 0.0620. The van der Waals surface area contributed by atoms with Crippen LogP contribution in [0.1, 0.15) is 59.3 Å². The highest BCUT2D eigenvalue weighted by Gasteiger charge is 2.40. The van der Waals surface area contributed by atoms with Crippen LogP contribution in [-0.2, 0) is 4.79 Å². The SMILES string of the molecule is CCC1CCCC(N2C(=O)C(CC)NC2C)C1. The average molecular weight is 238 g/mol. The smallest absolute Gasteiger partial charge is 0.241 e. The summed E-state index contributed by atoms with van der Waals surface area (Å²) in [6, 6.07) is 0.548. The molecule has 1 aliphatic carbocycles. The summed E-state index contributed by atoms with van der Waals surface area (Å²) in [5, 5.41) is 3.41. The fourth-order valence-electron chi connectivity index (χ4n) is 3.49. The Morgan fingerprint density at radius 3 is 2.65 bits per heavy atom. The number of nitrogens with zero attached hydrogens (tertiary/aromatic N) is 1. The lowest BCUT2D eigenvalue weighted by atomic mass is 9.83. The van der Waals surface area contributed by atoms with Crippen LogP contribution in [0.2, 0.25) is 0 Å². The largest absolute Gasteiger partial charge is 0.323 e.